The molecule has 3 heterocycles. The number of fused-ring (bicyclic) bond motifs is 8. The Labute approximate surface area is 379 Å². The van der Waals surface area contributed by atoms with Crippen molar-refractivity contribution < 1.29 is 19.7 Å². The predicted molar refractivity (Wildman–Crippen MR) is 266 cm³/mol. The Morgan fingerprint density at radius 3 is 2.11 bits per heavy atom. The molecule has 2 N–H and O–H groups in total. The summed E-state index contributed by atoms with van der Waals surface area (Å²) >= 11 is 0. The van der Waals surface area contributed by atoms with E-state index in [9.17, 15) is 10.2 Å². The summed E-state index contributed by atoms with van der Waals surface area (Å²) in [7, 11) is 0. The first kappa shape index (κ1) is 40.4. The van der Waals surface area contributed by atoms with Gasteiger partial charge in [-0.15, -0.1) is 0 Å². The van der Waals surface area contributed by atoms with E-state index >= 15 is 0 Å². The number of aryl methyl sites for hydroxylation is 3. The summed E-state index contributed by atoms with van der Waals surface area (Å²) in [5.41, 5.74) is 12.7. The van der Waals surface area contributed by atoms with Gasteiger partial charge >= 0.3 is 0 Å². The molecule has 0 fully saturated rings. The summed E-state index contributed by atoms with van der Waals surface area (Å²) in [5.74, 6) is 8.26. The third-order valence-corrected chi connectivity index (χ3v) is 13.3. The van der Waals surface area contributed by atoms with Gasteiger partial charge in [-0.25, -0.2) is 0 Å². The zero-order chi connectivity index (χ0) is 43.9. The van der Waals surface area contributed by atoms with E-state index in [4.69, 9.17) is 9.47 Å². The number of hydrogen-bond acceptors (Lipinski definition) is 4. The van der Waals surface area contributed by atoms with Crippen LogP contribution in [0.2, 0.25) is 0 Å². The Kier molecular flexibility index (Phi) is 10.8. The second kappa shape index (κ2) is 17.3. The van der Waals surface area contributed by atoms with Gasteiger partial charge in [0.1, 0.15) is 30.8 Å². The summed E-state index contributed by atoms with van der Waals surface area (Å²) in [4.78, 5) is 0. The van der Waals surface area contributed by atoms with Crippen LogP contribution >= 0.6 is 0 Å². The highest BCUT2D eigenvalue weighted by atomic mass is 16.5. The zero-order valence-electron chi connectivity index (χ0n) is 36.4. The van der Waals surface area contributed by atoms with Crippen molar-refractivity contribution in [3.05, 3.63) is 202 Å². The molecule has 0 spiro atoms. The molecule has 2 aliphatic rings. The quantitative estimate of drug-likeness (QED) is 0.106. The molecule has 2 atom stereocenters. The van der Waals surface area contributed by atoms with Gasteiger partial charge < -0.3 is 24.3 Å². The largest absolute Gasteiger partial charge is 0.489 e. The smallest absolute Gasteiger partial charge is 0.144 e. The third kappa shape index (κ3) is 7.65. The van der Waals surface area contributed by atoms with Crippen LogP contribution in [0.4, 0.5) is 0 Å². The maximum atomic E-state index is 11.7. The molecule has 1 aromatic heterocycles. The lowest BCUT2D eigenvalue weighted by Crippen LogP contribution is -2.08. The maximum absolute atomic E-state index is 11.7. The fourth-order valence-electron chi connectivity index (χ4n) is 10.1. The molecule has 8 aromatic carbocycles. The van der Waals surface area contributed by atoms with Crippen molar-refractivity contribution in [3.8, 4) is 34.5 Å². The molecule has 2 aliphatic heterocycles. The molecule has 9 aromatic rings. The van der Waals surface area contributed by atoms with Gasteiger partial charge in [-0.3, -0.25) is 0 Å². The summed E-state index contributed by atoms with van der Waals surface area (Å²) in [6, 6.07) is 51.9. The lowest BCUT2D eigenvalue weighted by atomic mass is 9.87. The van der Waals surface area contributed by atoms with Crippen LogP contribution in [-0.2, 0) is 26.0 Å². The van der Waals surface area contributed by atoms with Gasteiger partial charge in [0, 0.05) is 56.2 Å². The highest BCUT2D eigenvalue weighted by Gasteiger charge is 2.21. The van der Waals surface area contributed by atoms with Gasteiger partial charge in [-0.2, -0.15) is 0 Å². The van der Waals surface area contributed by atoms with Crippen LogP contribution in [-0.4, -0.2) is 28.0 Å². The first-order valence-corrected chi connectivity index (χ1v) is 22.7. The second-order valence-electron chi connectivity index (χ2n) is 17.4. The highest BCUT2D eigenvalue weighted by molar-refractivity contribution is 6.15. The van der Waals surface area contributed by atoms with Gasteiger partial charge in [-0.1, -0.05) is 128 Å². The number of rotatable bonds is 10. The Hall–Kier alpha value is -7.36. The Bertz CT molecular complexity index is 3420. The monoisotopic (exact) mass is 847 g/mol. The highest BCUT2D eigenvalue weighted by Crippen LogP contribution is 2.40. The van der Waals surface area contributed by atoms with Crippen molar-refractivity contribution >= 4 is 55.5 Å². The van der Waals surface area contributed by atoms with Crippen molar-refractivity contribution in [2.45, 2.75) is 51.4 Å². The van der Waals surface area contributed by atoms with Crippen LogP contribution in [0.15, 0.2) is 158 Å². The van der Waals surface area contributed by atoms with E-state index in [2.05, 4.69) is 169 Å². The van der Waals surface area contributed by atoms with Crippen molar-refractivity contribution in [2.24, 2.45) is 0 Å². The first-order valence-electron chi connectivity index (χ1n) is 22.7. The fraction of sp³-hybridized carbons (Fsp3) is 0.167. The van der Waals surface area contributed by atoms with Crippen molar-refractivity contribution in [1.29, 1.82) is 0 Å². The van der Waals surface area contributed by atoms with Gasteiger partial charge in [0.25, 0.3) is 0 Å². The molecule has 5 nitrogen and oxygen atoms in total. The minimum absolute atomic E-state index is 0.0535. The Morgan fingerprint density at radius 1 is 0.631 bits per heavy atom. The molecule has 0 amide bonds. The predicted octanol–water partition coefficient (Wildman–Crippen LogP) is 13.1. The van der Waals surface area contributed by atoms with Crippen LogP contribution in [0.5, 0.6) is 11.5 Å². The Morgan fingerprint density at radius 2 is 1.31 bits per heavy atom. The van der Waals surface area contributed by atoms with Crippen molar-refractivity contribution in [1.82, 2.24) is 4.57 Å². The average molecular weight is 848 g/mol. The summed E-state index contributed by atoms with van der Waals surface area (Å²) in [6.45, 7) is 4.05. The summed E-state index contributed by atoms with van der Waals surface area (Å²) in [6.07, 6.45) is 9.83. The molecular formula is C60H49NO4. The number of para-hydroxylation sites is 1. The first-order chi connectivity index (χ1) is 32.0. The van der Waals surface area contributed by atoms with Gasteiger partial charge in [0.05, 0.1) is 6.61 Å². The topological polar surface area (TPSA) is 63.9 Å². The van der Waals surface area contributed by atoms with Crippen LogP contribution in [0.3, 0.4) is 0 Å². The second-order valence-corrected chi connectivity index (χ2v) is 17.4. The number of hydrogen-bond donors (Lipinski definition) is 2. The molecule has 0 bridgehead atoms. The van der Waals surface area contributed by atoms with E-state index in [1.807, 2.05) is 24.3 Å². The number of ether oxygens (including phenoxy) is 2. The number of aliphatic hydroxyl groups is 2. The van der Waals surface area contributed by atoms with E-state index in [-0.39, 0.29) is 6.61 Å². The van der Waals surface area contributed by atoms with Gasteiger partial charge in [0.15, 0.2) is 0 Å². The number of aromatic nitrogens is 1. The van der Waals surface area contributed by atoms with E-state index in [0.717, 1.165) is 70.5 Å². The molecule has 65 heavy (non-hydrogen) atoms. The number of nitrogens with zero attached hydrogens (tertiary/aromatic N) is 1. The zero-order valence-corrected chi connectivity index (χ0v) is 36.4. The van der Waals surface area contributed by atoms with E-state index in [0.29, 0.717) is 30.4 Å². The number of benzene rings is 8. The molecular weight excluding hydrogens is 799 g/mol. The lowest BCUT2D eigenvalue weighted by Gasteiger charge is -2.21. The molecule has 1 unspecified atom stereocenters. The summed E-state index contributed by atoms with van der Waals surface area (Å²) < 4.78 is 14.4. The number of aliphatic hydroxyl groups excluding tert-OH is 2. The third-order valence-electron chi connectivity index (χ3n) is 13.3. The van der Waals surface area contributed by atoms with E-state index in [1.165, 1.54) is 54.5 Å². The Balaban J connectivity index is 0.843. The minimum Gasteiger partial charge on any atom is -0.489 e. The molecule has 318 valence electrons. The lowest BCUT2D eigenvalue weighted by molar-refractivity contribution is 0.229. The van der Waals surface area contributed by atoms with E-state index in [1.54, 1.807) is 0 Å². The standard InChI is InChI=1S/C60H49NO4/c1-39(53-37-44-11-2-3-14-48(44)50-15-4-5-16-51(50)53)21-22-41-33-46-13-10-32-65-60(46)54(36-41)57(63)28-25-40-23-26-43(27-24-40)49-18-8-20-56-58(49)52-17-6-7-19-55(52)61(56)30-29-42-34-45-12-9-31-64-59(45)47(35-42)38-62/h2-20,23-24,26-27,33-37,39,57,62-63H,21-22,29-32,38H2,1H3/t39-,57?/m1/s1. The van der Waals surface area contributed by atoms with Crippen molar-refractivity contribution in [3.63, 3.8) is 0 Å². The van der Waals surface area contributed by atoms with Crippen molar-refractivity contribution in [2.75, 3.05) is 13.2 Å². The van der Waals surface area contributed by atoms with E-state index < -0.39 is 6.10 Å². The molecule has 0 saturated heterocycles. The van der Waals surface area contributed by atoms with Gasteiger partial charge in [0.2, 0.25) is 0 Å². The molecule has 11 rings (SSSR count). The van der Waals surface area contributed by atoms with Gasteiger partial charge in [-0.05, 0) is 135 Å². The average Bonchev–Trinajstić information content (AvgIpc) is 3.69. The molecule has 0 saturated carbocycles. The summed E-state index contributed by atoms with van der Waals surface area (Å²) in [5, 5.41) is 29.4. The molecule has 0 aliphatic carbocycles. The minimum atomic E-state index is -1.02. The molecule has 0 radical (unpaired) electrons. The van der Waals surface area contributed by atoms with Crippen LogP contribution < -0.4 is 9.47 Å². The van der Waals surface area contributed by atoms with Crippen LogP contribution in [0.25, 0.3) is 66.6 Å². The molecule has 5 heteroatoms. The normalized spacial score (nSPS) is 13.8. The van der Waals surface area contributed by atoms with Crippen LogP contribution in [0.1, 0.15) is 69.9 Å². The SMILES string of the molecule is C[C@H](CCc1cc2c(c(C(O)C#Cc3ccc(-c4cccc5c4c4ccccc4n5CCc4cc5c(c(CO)c4)OCC=C5)cc3)c1)OCC=C2)c1cc2ccccc2c2ccccc12. The van der Waals surface area contributed by atoms with Crippen LogP contribution in [0, 0.1) is 11.8 Å². The fourth-order valence-corrected chi connectivity index (χ4v) is 10.1. The maximum Gasteiger partial charge on any atom is 0.144 e.